The maximum Gasteiger partial charge on any atom is 0.266 e. The molecule has 0 unspecified atom stereocenters. The molecule has 0 saturated carbocycles. The number of para-hydroxylation sites is 1. The molecule has 3 rings (SSSR count). The first-order valence-corrected chi connectivity index (χ1v) is 7.27. The van der Waals surface area contributed by atoms with Crippen LogP contribution in [-0.4, -0.2) is 9.55 Å². The average Bonchev–Trinajstić information content (AvgIpc) is 2.47. The summed E-state index contributed by atoms with van der Waals surface area (Å²) in [5, 5.41) is 0.393. The summed E-state index contributed by atoms with van der Waals surface area (Å²) in [7, 11) is 0. The predicted molar refractivity (Wildman–Crippen MR) is 86.0 cm³/mol. The molecule has 1 aromatic heterocycles. The molecular formula is C18H16F2N2O. The Morgan fingerprint density at radius 1 is 1.04 bits per heavy atom. The van der Waals surface area contributed by atoms with E-state index in [1.165, 1.54) is 10.6 Å². The molecule has 2 aromatic carbocycles. The first-order chi connectivity index (χ1) is 10.8. The number of nitrogens with zero attached hydrogens (tertiary/aromatic N) is 2. The second-order valence-corrected chi connectivity index (χ2v) is 6.44. The van der Waals surface area contributed by atoms with Gasteiger partial charge < -0.3 is 0 Å². The van der Waals surface area contributed by atoms with Crippen molar-refractivity contribution in [1.82, 2.24) is 9.55 Å². The Labute approximate surface area is 132 Å². The molecule has 0 aliphatic rings. The highest BCUT2D eigenvalue weighted by molar-refractivity contribution is 5.78. The lowest BCUT2D eigenvalue weighted by Gasteiger charge is -2.23. The summed E-state index contributed by atoms with van der Waals surface area (Å²) >= 11 is 0. The molecular weight excluding hydrogens is 298 g/mol. The summed E-state index contributed by atoms with van der Waals surface area (Å²) in [5.41, 5.74) is -0.309. The van der Waals surface area contributed by atoms with Crippen molar-refractivity contribution in [2.24, 2.45) is 0 Å². The van der Waals surface area contributed by atoms with Crippen LogP contribution in [0.4, 0.5) is 8.78 Å². The van der Waals surface area contributed by atoms with Crippen LogP contribution in [0.15, 0.2) is 47.3 Å². The van der Waals surface area contributed by atoms with Crippen LogP contribution in [0.2, 0.25) is 0 Å². The zero-order valence-corrected chi connectivity index (χ0v) is 13.1. The van der Waals surface area contributed by atoms with Gasteiger partial charge in [-0.3, -0.25) is 9.36 Å². The summed E-state index contributed by atoms with van der Waals surface area (Å²) in [4.78, 5) is 17.4. The van der Waals surface area contributed by atoms with Crippen LogP contribution >= 0.6 is 0 Å². The van der Waals surface area contributed by atoms with Crippen molar-refractivity contribution in [2.75, 3.05) is 0 Å². The maximum atomic E-state index is 14.3. The quantitative estimate of drug-likeness (QED) is 0.681. The third-order valence-electron chi connectivity index (χ3n) is 3.60. The number of hydrogen-bond acceptors (Lipinski definition) is 2. The van der Waals surface area contributed by atoms with E-state index < -0.39 is 17.0 Å². The highest BCUT2D eigenvalue weighted by Crippen LogP contribution is 2.25. The van der Waals surface area contributed by atoms with Gasteiger partial charge in [0.1, 0.15) is 17.5 Å². The number of fused-ring (bicyclic) bond motifs is 1. The van der Waals surface area contributed by atoms with Crippen LogP contribution in [0.3, 0.4) is 0 Å². The van der Waals surface area contributed by atoms with Crippen LogP contribution in [0.5, 0.6) is 0 Å². The Bertz CT molecular complexity index is 955. The molecule has 5 heteroatoms. The summed E-state index contributed by atoms with van der Waals surface area (Å²) in [6.07, 6.45) is 0. The lowest BCUT2D eigenvalue weighted by Crippen LogP contribution is -2.31. The fraction of sp³-hybridized carbons (Fsp3) is 0.222. The van der Waals surface area contributed by atoms with Crippen LogP contribution < -0.4 is 5.56 Å². The van der Waals surface area contributed by atoms with Gasteiger partial charge in [-0.1, -0.05) is 32.9 Å². The van der Waals surface area contributed by atoms with Gasteiger partial charge in [-0.2, -0.15) is 0 Å². The van der Waals surface area contributed by atoms with E-state index in [0.29, 0.717) is 16.7 Å². The largest absolute Gasteiger partial charge is 0.268 e. The monoisotopic (exact) mass is 314 g/mol. The average molecular weight is 314 g/mol. The summed E-state index contributed by atoms with van der Waals surface area (Å²) in [5.74, 6) is -1.06. The number of aromatic nitrogens is 2. The van der Waals surface area contributed by atoms with Gasteiger partial charge in [0.2, 0.25) is 0 Å². The molecule has 0 amide bonds. The molecule has 0 N–H and O–H groups in total. The van der Waals surface area contributed by atoms with Gasteiger partial charge in [0.25, 0.3) is 5.56 Å². The van der Waals surface area contributed by atoms with Crippen molar-refractivity contribution in [3.05, 3.63) is 70.3 Å². The van der Waals surface area contributed by atoms with Gasteiger partial charge >= 0.3 is 0 Å². The molecule has 0 bridgehead atoms. The van der Waals surface area contributed by atoms with E-state index in [0.717, 1.165) is 12.1 Å². The van der Waals surface area contributed by atoms with Crippen molar-refractivity contribution < 1.29 is 8.78 Å². The predicted octanol–water partition coefficient (Wildman–Crippen LogP) is 3.96. The highest BCUT2D eigenvalue weighted by atomic mass is 19.1. The van der Waals surface area contributed by atoms with Gasteiger partial charge in [-0.05, 0) is 24.3 Å². The molecule has 0 atom stereocenters. The van der Waals surface area contributed by atoms with Crippen molar-refractivity contribution in [3.63, 3.8) is 0 Å². The summed E-state index contributed by atoms with van der Waals surface area (Å²) in [6, 6.07) is 10.1. The van der Waals surface area contributed by atoms with E-state index in [4.69, 9.17) is 0 Å². The van der Waals surface area contributed by atoms with Gasteiger partial charge in [0.15, 0.2) is 0 Å². The first kappa shape index (κ1) is 15.3. The van der Waals surface area contributed by atoms with E-state index in [9.17, 15) is 13.6 Å². The van der Waals surface area contributed by atoms with Crippen molar-refractivity contribution >= 4 is 10.9 Å². The van der Waals surface area contributed by atoms with Crippen LogP contribution in [-0.2, 0) is 5.41 Å². The van der Waals surface area contributed by atoms with Gasteiger partial charge in [0.05, 0.1) is 16.6 Å². The molecule has 0 spiro atoms. The zero-order chi connectivity index (χ0) is 16.8. The molecule has 0 aliphatic heterocycles. The fourth-order valence-corrected chi connectivity index (χ4v) is 2.52. The van der Waals surface area contributed by atoms with Crippen molar-refractivity contribution in [1.29, 1.82) is 0 Å². The van der Waals surface area contributed by atoms with Gasteiger partial charge in [0, 0.05) is 11.5 Å². The minimum atomic E-state index is -0.797. The van der Waals surface area contributed by atoms with Crippen LogP contribution in [0.1, 0.15) is 26.6 Å². The Balaban J connectivity index is 2.47. The Kier molecular flexibility index (Phi) is 3.51. The second-order valence-electron chi connectivity index (χ2n) is 6.44. The number of rotatable bonds is 1. The van der Waals surface area contributed by atoms with Gasteiger partial charge in [-0.25, -0.2) is 13.8 Å². The third-order valence-corrected chi connectivity index (χ3v) is 3.60. The molecule has 0 aliphatic carbocycles. The minimum absolute atomic E-state index is 0.000391. The second kappa shape index (κ2) is 5.26. The molecule has 1 heterocycles. The summed E-state index contributed by atoms with van der Waals surface area (Å²) < 4.78 is 28.7. The number of benzene rings is 2. The van der Waals surface area contributed by atoms with E-state index in [1.54, 1.807) is 24.3 Å². The summed E-state index contributed by atoms with van der Waals surface area (Å²) in [6.45, 7) is 5.67. The molecule has 0 saturated heterocycles. The smallest absolute Gasteiger partial charge is 0.266 e. The lowest BCUT2D eigenvalue weighted by atomic mass is 9.94. The lowest BCUT2D eigenvalue weighted by molar-refractivity contribution is 0.516. The van der Waals surface area contributed by atoms with E-state index in [-0.39, 0.29) is 11.2 Å². The number of halogens is 2. The van der Waals surface area contributed by atoms with Crippen LogP contribution in [0.25, 0.3) is 16.6 Å². The van der Waals surface area contributed by atoms with Crippen LogP contribution in [0, 0.1) is 11.6 Å². The maximum absolute atomic E-state index is 14.3. The SMILES string of the molecule is CC(C)(C)c1nc2ccccc2c(=O)n1-c1ccc(F)cc1F. The Hall–Kier alpha value is -2.56. The standard InChI is InChI=1S/C18H16F2N2O/c1-18(2,3)17-21-14-7-5-4-6-12(14)16(23)22(17)15-9-8-11(19)10-13(15)20/h4-10H,1-3H3. The normalized spacial score (nSPS) is 11.9. The highest BCUT2D eigenvalue weighted by Gasteiger charge is 2.24. The van der Waals surface area contributed by atoms with Gasteiger partial charge in [-0.15, -0.1) is 0 Å². The fourth-order valence-electron chi connectivity index (χ4n) is 2.52. The third kappa shape index (κ3) is 2.63. The van der Waals surface area contributed by atoms with Crippen molar-refractivity contribution in [3.8, 4) is 5.69 Å². The Morgan fingerprint density at radius 3 is 2.39 bits per heavy atom. The topological polar surface area (TPSA) is 34.9 Å². The van der Waals surface area contributed by atoms with E-state index in [1.807, 2.05) is 20.8 Å². The molecule has 3 aromatic rings. The molecule has 23 heavy (non-hydrogen) atoms. The molecule has 3 nitrogen and oxygen atoms in total. The molecule has 0 fully saturated rings. The Morgan fingerprint density at radius 2 is 1.74 bits per heavy atom. The molecule has 0 radical (unpaired) electrons. The number of hydrogen-bond donors (Lipinski definition) is 0. The van der Waals surface area contributed by atoms with E-state index >= 15 is 0 Å². The van der Waals surface area contributed by atoms with E-state index in [2.05, 4.69) is 4.98 Å². The first-order valence-electron chi connectivity index (χ1n) is 7.27. The minimum Gasteiger partial charge on any atom is -0.268 e. The molecule has 118 valence electrons. The van der Waals surface area contributed by atoms with Crippen molar-refractivity contribution in [2.45, 2.75) is 26.2 Å². The zero-order valence-electron chi connectivity index (χ0n) is 13.1.